The van der Waals surface area contributed by atoms with E-state index in [1.54, 1.807) is 11.3 Å². The van der Waals surface area contributed by atoms with Crippen LogP contribution in [0.5, 0.6) is 0 Å². The van der Waals surface area contributed by atoms with E-state index in [1.807, 2.05) is 0 Å². The van der Waals surface area contributed by atoms with Crippen LogP contribution in [0.4, 0.5) is 0 Å². The summed E-state index contributed by atoms with van der Waals surface area (Å²) in [6, 6.07) is 13.1. The highest BCUT2D eigenvalue weighted by Crippen LogP contribution is 2.41. The molecule has 0 aliphatic heterocycles. The monoisotopic (exact) mass is 317 g/mol. The Balaban J connectivity index is 1.92. The molecule has 0 atom stereocenters. The van der Waals surface area contributed by atoms with Crippen molar-refractivity contribution in [2.24, 2.45) is 5.41 Å². The van der Waals surface area contributed by atoms with E-state index in [0.29, 0.717) is 0 Å². The summed E-state index contributed by atoms with van der Waals surface area (Å²) in [7, 11) is 0. The highest BCUT2D eigenvalue weighted by atomic mass is 79.9. The first-order chi connectivity index (χ1) is 8.72. The zero-order chi connectivity index (χ0) is 12.6. The number of nitriles is 1. The fourth-order valence-electron chi connectivity index (χ4n) is 2.70. The lowest BCUT2D eigenvalue weighted by Gasteiger charge is -2.19. The molecule has 0 N–H and O–H groups in total. The summed E-state index contributed by atoms with van der Waals surface area (Å²) in [5, 5.41) is 11.7. The first kappa shape index (κ1) is 12.0. The van der Waals surface area contributed by atoms with E-state index in [0.717, 1.165) is 23.7 Å². The van der Waals surface area contributed by atoms with Gasteiger partial charge in [0.2, 0.25) is 0 Å². The molecule has 0 bridgehead atoms. The van der Waals surface area contributed by atoms with Crippen LogP contribution in [0.3, 0.4) is 0 Å². The van der Waals surface area contributed by atoms with E-state index in [-0.39, 0.29) is 5.41 Å². The van der Waals surface area contributed by atoms with Crippen molar-refractivity contribution in [1.29, 1.82) is 5.26 Å². The Morgan fingerprint density at radius 3 is 2.39 bits per heavy atom. The van der Waals surface area contributed by atoms with Crippen LogP contribution in [0.15, 0.2) is 40.2 Å². The molecule has 18 heavy (non-hydrogen) atoms. The van der Waals surface area contributed by atoms with Gasteiger partial charge >= 0.3 is 0 Å². The molecular formula is C15H12BrNS. The van der Waals surface area contributed by atoms with Crippen LogP contribution in [0.1, 0.15) is 16.0 Å². The van der Waals surface area contributed by atoms with Crippen LogP contribution in [-0.4, -0.2) is 0 Å². The molecule has 0 unspecified atom stereocenters. The predicted octanol–water partition coefficient (Wildman–Crippen LogP) is 4.36. The smallest absolute Gasteiger partial charge is 0.0703 e. The fraction of sp³-hybridized carbons (Fsp3) is 0.267. The summed E-state index contributed by atoms with van der Waals surface area (Å²) >= 11 is 5.29. The minimum Gasteiger partial charge on any atom is -0.198 e. The lowest BCUT2D eigenvalue weighted by atomic mass is 9.82. The van der Waals surface area contributed by atoms with Crippen LogP contribution in [0, 0.1) is 16.7 Å². The fourth-order valence-corrected chi connectivity index (χ4v) is 4.33. The lowest BCUT2D eigenvalue weighted by molar-refractivity contribution is 0.421. The number of nitrogens with zero attached hydrogens (tertiary/aromatic N) is 1. The molecule has 1 nitrogen and oxygen atoms in total. The molecule has 0 radical (unpaired) electrons. The Bertz CT molecular complexity index is 598. The second-order valence-electron chi connectivity index (χ2n) is 4.88. The van der Waals surface area contributed by atoms with Gasteiger partial charge in [0.1, 0.15) is 0 Å². The zero-order valence-corrected chi connectivity index (χ0v) is 12.2. The van der Waals surface area contributed by atoms with Gasteiger partial charge in [0, 0.05) is 15.8 Å². The van der Waals surface area contributed by atoms with Crippen molar-refractivity contribution in [2.75, 3.05) is 0 Å². The summed E-state index contributed by atoms with van der Waals surface area (Å²) in [6.07, 6.45) is 2.60. The van der Waals surface area contributed by atoms with Gasteiger partial charge < -0.3 is 0 Å². The number of hydrogen-bond donors (Lipinski definition) is 0. The first-order valence-corrected chi connectivity index (χ1v) is 7.60. The molecule has 1 aliphatic carbocycles. The van der Waals surface area contributed by atoms with Crippen molar-refractivity contribution in [3.63, 3.8) is 0 Å². The topological polar surface area (TPSA) is 23.8 Å². The number of thiophene rings is 1. The van der Waals surface area contributed by atoms with Crippen molar-refractivity contribution in [3.8, 4) is 6.07 Å². The zero-order valence-electron chi connectivity index (χ0n) is 9.82. The number of halogens is 1. The minimum atomic E-state index is -0.253. The molecule has 0 amide bonds. The normalized spacial score (nSPS) is 16.2. The quantitative estimate of drug-likeness (QED) is 0.807. The molecule has 1 aromatic heterocycles. The van der Waals surface area contributed by atoms with Crippen LogP contribution in [-0.2, 0) is 19.3 Å². The summed E-state index contributed by atoms with van der Waals surface area (Å²) in [4.78, 5) is 1.28. The van der Waals surface area contributed by atoms with E-state index in [1.165, 1.54) is 16.0 Å². The Morgan fingerprint density at radius 1 is 1.22 bits per heavy atom. The molecule has 0 saturated heterocycles. The summed E-state index contributed by atoms with van der Waals surface area (Å²) in [6.45, 7) is 0. The van der Waals surface area contributed by atoms with Crippen molar-refractivity contribution in [1.82, 2.24) is 0 Å². The average Bonchev–Trinajstić information content (AvgIpc) is 2.94. The second kappa shape index (κ2) is 4.53. The third-order valence-corrected chi connectivity index (χ3v) is 5.53. The standard InChI is InChI=1S/C15H12BrNS/c16-13-5-6-18-14(13)9-15(10-17)7-11-3-1-2-4-12(11)8-15/h1-6H,7-9H2. The van der Waals surface area contributed by atoms with Crippen molar-refractivity contribution in [2.45, 2.75) is 19.3 Å². The van der Waals surface area contributed by atoms with E-state index in [9.17, 15) is 5.26 Å². The second-order valence-corrected chi connectivity index (χ2v) is 6.74. The van der Waals surface area contributed by atoms with Crippen LogP contribution in [0.25, 0.3) is 0 Å². The molecule has 0 saturated carbocycles. The maximum atomic E-state index is 9.62. The third-order valence-electron chi connectivity index (χ3n) is 3.60. The third kappa shape index (κ3) is 2.00. The molecule has 0 fully saturated rings. The van der Waals surface area contributed by atoms with Gasteiger partial charge in [-0.3, -0.25) is 0 Å². The maximum Gasteiger partial charge on any atom is 0.0703 e. The highest BCUT2D eigenvalue weighted by molar-refractivity contribution is 9.10. The maximum absolute atomic E-state index is 9.62. The molecule has 1 aromatic carbocycles. The number of fused-ring (bicyclic) bond motifs is 1. The predicted molar refractivity (Wildman–Crippen MR) is 77.6 cm³/mol. The Morgan fingerprint density at radius 2 is 1.89 bits per heavy atom. The lowest BCUT2D eigenvalue weighted by Crippen LogP contribution is -2.21. The number of hydrogen-bond acceptors (Lipinski definition) is 2. The van der Waals surface area contributed by atoms with Crippen LogP contribution >= 0.6 is 27.3 Å². The van der Waals surface area contributed by atoms with Crippen molar-refractivity contribution in [3.05, 3.63) is 56.2 Å². The van der Waals surface area contributed by atoms with Gasteiger partial charge in [0.05, 0.1) is 11.5 Å². The SMILES string of the molecule is N#CC1(Cc2sccc2Br)Cc2ccccc2C1. The summed E-state index contributed by atoms with van der Waals surface area (Å²) < 4.78 is 1.14. The van der Waals surface area contributed by atoms with E-state index >= 15 is 0 Å². The molecule has 1 aliphatic rings. The van der Waals surface area contributed by atoms with Crippen molar-refractivity contribution >= 4 is 27.3 Å². The van der Waals surface area contributed by atoms with E-state index in [2.05, 4.69) is 57.7 Å². The molecular weight excluding hydrogens is 306 g/mol. The van der Waals surface area contributed by atoms with Crippen LogP contribution in [0.2, 0.25) is 0 Å². The van der Waals surface area contributed by atoms with Gasteiger partial charge in [-0.1, -0.05) is 24.3 Å². The number of benzene rings is 1. The van der Waals surface area contributed by atoms with Gasteiger partial charge in [-0.15, -0.1) is 11.3 Å². The molecule has 1 heterocycles. The largest absolute Gasteiger partial charge is 0.198 e. The van der Waals surface area contributed by atoms with Gasteiger partial charge in [-0.2, -0.15) is 5.26 Å². The van der Waals surface area contributed by atoms with Gasteiger partial charge in [0.25, 0.3) is 0 Å². The molecule has 3 heteroatoms. The average molecular weight is 318 g/mol. The molecule has 90 valence electrons. The summed E-state index contributed by atoms with van der Waals surface area (Å²) in [5.74, 6) is 0. The van der Waals surface area contributed by atoms with Gasteiger partial charge in [0.15, 0.2) is 0 Å². The number of rotatable bonds is 2. The Hall–Kier alpha value is -1.11. The highest BCUT2D eigenvalue weighted by Gasteiger charge is 2.38. The van der Waals surface area contributed by atoms with E-state index in [4.69, 9.17) is 0 Å². The van der Waals surface area contributed by atoms with Crippen molar-refractivity contribution < 1.29 is 0 Å². The summed E-state index contributed by atoms with van der Waals surface area (Å²) in [5.41, 5.74) is 2.43. The first-order valence-electron chi connectivity index (χ1n) is 5.92. The Labute approximate surface area is 119 Å². The van der Waals surface area contributed by atoms with E-state index < -0.39 is 0 Å². The minimum absolute atomic E-state index is 0.253. The molecule has 0 spiro atoms. The van der Waals surface area contributed by atoms with Crippen LogP contribution < -0.4 is 0 Å². The molecule has 2 aromatic rings. The Kier molecular flexibility index (Phi) is 3.01. The van der Waals surface area contributed by atoms with Gasteiger partial charge in [-0.05, 0) is 51.3 Å². The van der Waals surface area contributed by atoms with Gasteiger partial charge in [-0.25, -0.2) is 0 Å². The molecule has 3 rings (SSSR count).